The molecule has 1 aromatic carbocycles. The summed E-state index contributed by atoms with van der Waals surface area (Å²) >= 11 is 1.22. The van der Waals surface area contributed by atoms with Crippen LogP contribution in [0.5, 0.6) is 0 Å². The zero-order chi connectivity index (χ0) is 16.8. The monoisotopic (exact) mass is 334 g/mol. The van der Waals surface area contributed by atoms with E-state index in [9.17, 15) is 14.4 Å². The molecule has 1 aliphatic heterocycles. The van der Waals surface area contributed by atoms with E-state index in [1.165, 1.54) is 22.7 Å². The summed E-state index contributed by atoms with van der Waals surface area (Å²) in [5.41, 5.74) is 1.75. The van der Waals surface area contributed by atoms with Crippen LogP contribution in [-0.4, -0.2) is 41.6 Å². The maximum Gasteiger partial charge on any atom is 0.333 e. The van der Waals surface area contributed by atoms with E-state index in [1.807, 2.05) is 19.1 Å². The van der Waals surface area contributed by atoms with E-state index in [-0.39, 0.29) is 30.7 Å². The van der Waals surface area contributed by atoms with E-state index < -0.39 is 5.97 Å². The number of thioether (sulfide) groups is 1. The normalized spacial score (nSPS) is 15.8. The Labute approximate surface area is 138 Å². The molecule has 0 spiro atoms. The molecule has 0 aromatic heterocycles. The quantitative estimate of drug-likeness (QED) is 0.658. The van der Waals surface area contributed by atoms with Crippen LogP contribution >= 0.6 is 11.8 Å². The summed E-state index contributed by atoms with van der Waals surface area (Å²) in [7, 11) is 0. The Morgan fingerprint density at radius 1 is 1.35 bits per heavy atom. The van der Waals surface area contributed by atoms with Gasteiger partial charge in [0, 0.05) is 5.69 Å². The highest BCUT2D eigenvalue weighted by molar-refractivity contribution is 8.04. The number of carbonyl (C=O) groups is 3. The number of hydrogen-bond acceptors (Lipinski definition) is 5. The van der Waals surface area contributed by atoms with Crippen molar-refractivity contribution in [3.8, 4) is 0 Å². The van der Waals surface area contributed by atoms with Crippen LogP contribution in [0.4, 0.5) is 5.69 Å². The van der Waals surface area contributed by atoms with Crippen molar-refractivity contribution in [2.75, 3.05) is 24.2 Å². The molecule has 0 atom stereocenters. The minimum Gasteiger partial charge on any atom is -0.463 e. The minimum atomic E-state index is -0.520. The van der Waals surface area contributed by atoms with Crippen molar-refractivity contribution in [3.05, 3.63) is 40.9 Å². The van der Waals surface area contributed by atoms with E-state index in [4.69, 9.17) is 4.74 Å². The van der Waals surface area contributed by atoms with Gasteiger partial charge in [-0.15, -0.1) is 0 Å². The van der Waals surface area contributed by atoms with Gasteiger partial charge < -0.3 is 10.1 Å². The fourth-order valence-corrected chi connectivity index (χ4v) is 2.89. The van der Waals surface area contributed by atoms with E-state index in [0.717, 1.165) is 5.56 Å². The highest BCUT2D eigenvalue weighted by Crippen LogP contribution is 2.28. The molecule has 1 N–H and O–H groups in total. The average Bonchev–Trinajstić information content (AvgIpc) is 2.83. The highest BCUT2D eigenvalue weighted by Gasteiger charge is 2.29. The average molecular weight is 334 g/mol. The van der Waals surface area contributed by atoms with Crippen LogP contribution in [0.25, 0.3) is 0 Å². The molecule has 0 unspecified atom stereocenters. The summed E-state index contributed by atoms with van der Waals surface area (Å²) < 4.78 is 4.83. The van der Waals surface area contributed by atoms with E-state index in [1.54, 1.807) is 19.1 Å². The number of esters is 1. The Morgan fingerprint density at radius 2 is 2.04 bits per heavy atom. The van der Waals surface area contributed by atoms with E-state index in [2.05, 4.69) is 5.32 Å². The Kier molecular flexibility index (Phi) is 5.81. The molecule has 2 amide bonds. The van der Waals surface area contributed by atoms with Gasteiger partial charge in [-0.1, -0.05) is 29.5 Å². The zero-order valence-electron chi connectivity index (χ0n) is 13.0. The van der Waals surface area contributed by atoms with Gasteiger partial charge in [-0.2, -0.15) is 0 Å². The minimum absolute atomic E-state index is 0.134. The first kappa shape index (κ1) is 17.1. The van der Waals surface area contributed by atoms with Crippen molar-refractivity contribution < 1.29 is 19.1 Å². The number of aryl methyl sites for hydroxylation is 1. The van der Waals surface area contributed by atoms with E-state index in [0.29, 0.717) is 10.7 Å². The molecule has 7 heteroatoms. The molecule has 1 fully saturated rings. The second kappa shape index (κ2) is 7.82. The number of nitrogens with zero attached hydrogens (tertiary/aromatic N) is 1. The van der Waals surface area contributed by atoms with E-state index >= 15 is 0 Å². The predicted molar refractivity (Wildman–Crippen MR) is 88.7 cm³/mol. The van der Waals surface area contributed by atoms with Crippen LogP contribution in [0.15, 0.2) is 35.4 Å². The number of anilines is 1. The molecule has 1 saturated heterocycles. The molecule has 0 radical (unpaired) electrons. The summed E-state index contributed by atoms with van der Waals surface area (Å²) in [5.74, 6) is -0.832. The van der Waals surface area contributed by atoms with Crippen LogP contribution in [-0.2, 0) is 19.1 Å². The molecule has 1 aliphatic rings. The summed E-state index contributed by atoms with van der Waals surface area (Å²) in [6.07, 6.45) is 1.25. The third-order valence-electron chi connectivity index (χ3n) is 3.08. The largest absolute Gasteiger partial charge is 0.463 e. The van der Waals surface area contributed by atoms with Gasteiger partial charge in [-0.25, -0.2) is 4.79 Å². The van der Waals surface area contributed by atoms with Crippen LogP contribution in [0.2, 0.25) is 0 Å². The number of nitrogens with one attached hydrogen (secondary N) is 1. The third kappa shape index (κ3) is 4.85. The number of hydrogen-bond donors (Lipinski definition) is 1. The molecule has 2 rings (SSSR count). The molecule has 1 aromatic rings. The molecule has 0 aliphatic carbocycles. The smallest absolute Gasteiger partial charge is 0.333 e. The summed E-state index contributed by atoms with van der Waals surface area (Å²) in [5, 5.41) is 3.17. The van der Waals surface area contributed by atoms with Gasteiger partial charge in [-0.05, 0) is 26.0 Å². The molecular formula is C16H18N2O4S. The number of carbonyl (C=O) groups excluding carboxylic acids is 3. The lowest BCUT2D eigenvalue weighted by Crippen LogP contribution is -2.34. The summed E-state index contributed by atoms with van der Waals surface area (Å²) in [6, 6.07) is 7.36. The fourth-order valence-electron chi connectivity index (χ4n) is 1.97. The third-order valence-corrected chi connectivity index (χ3v) is 4.10. The Morgan fingerprint density at radius 3 is 2.70 bits per heavy atom. The highest BCUT2D eigenvalue weighted by atomic mass is 32.2. The standard InChI is InChI=1S/C16H18N2O4S/c1-3-22-16(21)8-15-18(14(20)10-23-15)9-13(19)17-12-6-4-11(2)5-7-12/h4-8H,3,9-10H2,1-2H3,(H,17,19)/b15-8-. The number of rotatable bonds is 5. The molecule has 0 saturated carbocycles. The summed E-state index contributed by atoms with van der Waals surface area (Å²) in [6.45, 7) is 3.79. The first-order chi connectivity index (χ1) is 11.0. The van der Waals surface area contributed by atoms with Crippen molar-refractivity contribution in [2.45, 2.75) is 13.8 Å². The van der Waals surface area contributed by atoms with Crippen molar-refractivity contribution in [2.24, 2.45) is 0 Å². The van der Waals surface area contributed by atoms with Crippen molar-refractivity contribution in [1.82, 2.24) is 4.90 Å². The first-order valence-corrected chi connectivity index (χ1v) is 8.16. The van der Waals surface area contributed by atoms with Gasteiger partial charge in [0.05, 0.1) is 23.5 Å². The lowest BCUT2D eigenvalue weighted by Gasteiger charge is -2.16. The van der Waals surface area contributed by atoms with Crippen LogP contribution < -0.4 is 5.32 Å². The SMILES string of the molecule is CCOC(=O)/C=C1\SCC(=O)N1CC(=O)Nc1ccc(C)cc1. The second-order valence-corrected chi connectivity index (χ2v) is 5.91. The van der Waals surface area contributed by atoms with Crippen LogP contribution in [0.3, 0.4) is 0 Å². The Hall–Kier alpha value is -2.28. The Balaban J connectivity index is 2.01. The van der Waals surface area contributed by atoms with Gasteiger partial charge in [0.25, 0.3) is 0 Å². The number of ether oxygens (including phenoxy) is 1. The maximum absolute atomic E-state index is 12.1. The lowest BCUT2D eigenvalue weighted by molar-refractivity contribution is -0.137. The summed E-state index contributed by atoms with van der Waals surface area (Å²) in [4.78, 5) is 36.8. The lowest BCUT2D eigenvalue weighted by atomic mass is 10.2. The van der Waals surface area contributed by atoms with Gasteiger partial charge in [0.15, 0.2) is 0 Å². The van der Waals surface area contributed by atoms with Gasteiger partial charge in [-0.3, -0.25) is 14.5 Å². The molecular weight excluding hydrogens is 316 g/mol. The van der Waals surface area contributed by atoms with Crippen molar-refractivity contribution in [1.29, 1.82) is 0 Å². The molecule has 0 bridgehead atoms. The fraction of sp³-hybridized carbons (Fsp3) is 0.312. The van der Waals surface area contributed by atoms with Gasteiger partial charge >= 0.3 is 5.97 Å². The molecule has 6 nitrogen and oxygen atoms in total. The Bertz CT molecular complexity index is 640. The number of benzene rings is 1. The van der Waals surface area contributed by atoms with Crippen LogP contribution in [0, 0.1) is 6.92 Å². The number of amides is 2. The topological polar surface area (TPSA) is 75.7 Å². The maximum atomic E-state index is 12.1. The van der Waals surface area contributed by atoms with Crippen molar-refractivity contribution >= 4 is 35.2 Å². The predicted octanol–water partition coefficient (Wildman–Crippen LogP) is 1.91. The van der Waals surface area contributed by atoms with Gasteiger partial charge in [0.1, 0.15) is 6.54 Å². The van der Waals surface area contributed by atoms with Crippen LogP contribution in [0.1, 0.15) is 12.5 Å². The van der Waals surface area contributed by atoms with Gasteiger partial charge in [0.2, 0.25) is 11.8 Å². The second-order valence-electron chi connectivity index (χ2n) is 4.92. The first-order valence-electron chi connectivity index (χ1n) is 7.17. The zero-order valence-corrected chi connectivity index (χ0v) is 13.8. The van der Waals surface area contributed by atoms with Crippen molar-refractivity contribution in [3.63, 3.8) is 0 Å². The molecule has 23 heavy (non-hydrogen) atoms. The molecule has 122 valence electrons. The molecule has 1 heterocycles.